The zero-order valence-corrected chi connectivity index (χ0v) is 51.7. The van der Waals surface area contributed by atoms with Gasteiger partial charge in [-0.2, -0.15) is 0 Å². The molecule has 1 saturated heterocycles. The summed E-state index contributed by atoms with van der Waals surface area (Å²) in [6.07, 6.45) is 0.0653. The number of nitrogens with one attached hydrogen (secondary N) is 3. The molecule has 5 N–H and O–H groups in total. The Kier molecular flexibility index (Phi) is 19.7. The second-order valence-corrected chi connectivity index (χ2v) is 23.5. The molecule has 3 aromatic heterocycles. The molecule has 0 radical (unpaired) electrons. The summed E-state index contributed by atoms with van der Waals surface area (Å²) in [5.41, 5.74) is 12.1. The molecule has 6 aromatic carbocycles. The van der Waals surface area contributed by atoms with Crippen molar-refractivity contribution in [2.45, 2.75) is 82.4 Å². The Hall–Kier alpha value is -9.16. The van der Waals surface area contributed by atoms with Crippen LogP contribution >= 0.6 is 7.82 Å². The van der Waals surface area contributed by atoms with E-state index in [1.165, 1.54) is 17.1 Å². The van der Waals surface area contributed by atoms with Crippen LogP contribution in [0.15, 0.2) is 180 Å². The standard InChI is InChI=1S/C67H70N9O14P/c1-42-36-75(65(79)74-63(42)77)44(3)88-58(39-85-67(47-13-7-6-8-14-47,48-23-27-50(82-4)28-24-48)49-25-29-51(83-5)30-26-49)43(2)90-91(81,86-34-33-68)87-37-52-31-32-59(89-52)76-41-72-60-61(70-40-71-62(60)76)73-64(78)46-21-19-45(20-22-46)35-69-66(80)84-38-57-55-17-11-9-15-53(55)54-16-10-12-18-56(54)57/h6-30,36,40-41,43-44,52,57-59H,31-35,37-39,68H2,1-5H3,(H,69,80)(H,74,77,79)(H,70,71,73,78)/t43?,44?,52-,58?,59?,91?/m0/s1. The number of aryl methyl sites for hydroxylation is 1. The van der Waals surface area contributed by atoms with Crippen LogP contribution in [0, 0.1) is 6.92 Å². The van der Waals surface area contributed by atoms with Crippen LogP contribution < -0.4 is 37.1 Å². The summed E-state index contributed by atoms with van der Waals surface area (Å²) in [6, 6.07) is 47.6. The molecule has 0 bridgehead atoms. The van der Waals surface area contributed by atoms with Crippen LogP contribution in [0.2, 0.25) is 0 Å². The Balaban J connectivity index is 0.750. The number of phosphoric acid groups is 1. The van der Waals surface area contributed by atoms with Crippen LogP contribution in [0.5, 0.6) is 11.5 Å². The number of carbonyl (C=O) groups excluding carboxylic acids is 2. The molecule has 9 aromatic rings. The fourth-order valence-corrected chi connectivity index (χ4v) is 12.8. The number of phosphoric ester groups is 1. The number of fused-ring (bicyclic) bond motifs is 4. The summed E-state index contributed by atoms with van der Waals surface area (Å²) >= 11 is 0. The number of anilines is 1. The highest BCUT2D eigenvalue weighted by molar-refractivity contribution is 7.48. The van der Waals surface area contributed by atoms with Gasteiger partial charge in [0.1, 0.15) is 48.6 Å². The number of amides is 2. The Bertz CT molecular complexity index is 4080. The van der Waals surface area contributed by atoms with Crippen LogP contribution in [0.25, 0.3) is 22.3 Å². The van der Waals surface area contributed by atoms with Crippen molar-refractivity contribution >= 4 is 36.8 Å². The third kappa shape index (κ3) is 14.1. The quantitative estimate of drug-likeness (QED) is 0.0275. The normalized spacial score (nSPS) is 16.3. The van der Waals surface area contributed by atoms with E-state index in [2.05, 4.69) is 54.8 Å². The van der Waals surface area contributed by atoms with Crippen LogP contribution in [-0.2, 0) is 49.2 Å². The lowest BCUT2D eigenvalue weighted by Crippen LogP contribution is -2.42. The molecule has 2 aliphatic rings. The van der Waals surface area contributed by atoms with Gasteiger partial charge in [-0.05, 0) is 115 Å². The number of hydrogen-bond donors (Lipinski definition) is 4. The van der Waals surface area contributed by atoms with Crippen LogP contribution in [-0.4, -0.2) is 107 Å². The van der Waals surface area contributed by atoms with Crippen molar-refractivity contribution in [1.29, 1.82) is 0 Å². The maximum atomic E-state index is 14.9. The minimum atomic E-state index is -4.53. The summed E-state index contributed by atoms with van der Waals surface area (Å²) in [6.45, 7) is 4.45. The van der Waals surface area contributed by atoms with Gasteiger partial charge in [-0.15, -0.1) is 0 Å². The number of carbonyl (C=O) groups is 2. The predicted molar refractivity (Wildman–Crippen MR) is 338 cm³/mol. The number of methoxy groups -OCH3 is 2. The maximum absolute atomic E-state index is 14.9. The number of hydrogen-bond acceptors (Lipinski definition) is 18. The van der Waals surface area contributed by atoms with Gasteiger partial charge in [0.25, 0.3) is 11.5 Å². The number of aromatic amines is 1. The molecule has 472 valence electrons. The van der Waals surface area contributed by atoms with Crippen molar-refractivity contribution in [3.63, 3.8) is 0 Å². The molecule has 4 heterocycles. The average Bonchev–Trinajstić information content (AvgIpc) is 1.52. The average molecular weight is 1260 g/mol. The van der Waals surface area contributed by atoms with Gasteiger partial charge in [-0.3, -0.25) is 37.3 Å². The molecule has 11 rings (SSSR count). The zero-order chi connectivity index (χ0) is 63.7. The molecular weight excluding hydrogens is 1190 g/mol. The van der Waals surface area contributed by atoms with E-state index in [-0.39, 0.29) is 56.8 Å². The Morgan fingerprint density at radius 1 is 0.780 bits per heavy atom. The van der Waals surface area contributed by atoms with Gasteiger partial charge in [-0.25, -0.2) is 29.1 Å². The first-order valence-corrected chi connectivity index (χ1v) is 31.2. The first-order valence-electron chi connectivity index (χ1n) is 29.7. The van der Waals surface area contributed by atoms with Gasteiger partial charge in [-0.1, -0.05) is 115 Å². The van der Waals surface area contributed by atoms with Crippen molar-refractivity contribution in [2.24, 2.45) is 5.73 Å². The van der Waals surface area contributed by atoms with Gasteiger partial charge in [0.05, 0.1) is 52.6 Å². The molecule has 1 aliphatic carbocycles. The highest BCUT2D eigenvalue weighted by atomic mass is 31.2. The van der Waals surface area contributed by atoms with Crippen LogP contribution in [0.3, 0.4) is 0 Å². The topological polar surface area (TPSA) is 283 Å². The molecule has 2 amide bonds. The minimum Gasteiger partial charge on any atom is -0.497 e. The van der Waals surface area contributed by atoms with Crippen LogP contribution in [0.1, 0.15) is 94.4 Å². The minimum absolute atomic E-state index is 0.0273. The lowest BCUT2D eigenvalue weighted by Gasteiger charge is -2.38. The number of benzene rings is 6. The first kappa shape index (κ1) is 63.4. The number of nitrogens with zero attached hydrogens (tertiary/aromatic N) is 5. The molecule has 91 heavy (non-hydrogen) atoms. The monoisotopic (exact) mass is 1260 g/mol. The van der Waals surface area contributed by atoms with E-state index in [0.717, 1.165) is 44.5 Å². The maximum Gasteiger partial charge on any atom is 0.475 e. The van der Waals surface area contributed by atoms with Crippen molar-refractivity contribution in [3.05, 3.63) is 236 Å². The summed E-state index contributed by atoms with van der Waals surface area (Å²) in [5.74, 6) is 0.902. The molecule has 1 fully saturated rings. The molecule has 24 heteroatoms. The van der Waals surface area contributed by atoms with Gasteiger partial charge >= 0.3 is 19.6 Å². The number of H-pyrrole nitrogens is 1. The second kappa shape index (κ2) is 28.3. The number of ether oxygens (including phenoxy) is 6. The van der Waals surface area contributed by atoms with E-state index in [4.69, 9.17) is 47.7 Å². The summed E-state index contributed by atoms with van der Waals surface area (Å²) < 4.78 is 73.3. The Morgan fingerprint density at radius 3 is 2.07 bits per heavy atom. The number of imidazole rings is 1. The van der Waals surface area contributed by atoms with Crippen molar-refractivity contribution in [2.75, 3.05) is 52.5 Å². The highest BCUT2D eigenvalue weighted by Crippen LogP contribution is 2.52. The lowest BCUT2D eigenvalue weighted by molar-refractivity contribution is -0.141. The van der Waals surface area contributed by atoms with Crippen molar-refractivity contribution in [1.82, 2.24) is 34.4 Å². The van der Waals surface area contributed by atoms with E-state index in [9.17, 15) is 23.7 Å². The molecule has 0 spiro atoms. The zero-order valence-electron chi connectivity index (χ0n) is 50.8. The third-order valence-electron chi connectivity index (χ3n) is 16.1. The van der Waals surface area contributed by atoms with E-state index in [1.807, 2.05) is 103 Å². The molecular formula is C67H70N9O14P. The Morgan fingerprint density at radius 2 is 1.42 bits per heavy atom. The van der Waals surface area contributed by atoms with E-state index >= 15 is 0 Å². The Labute approximate surface area is 524 Å². The van der Waals surface area contributed by atoms with E-state index < -0.39 is 67.4 Å². The van der Waals surface area contributed by atoms with Gasteiger partial charge in [0, 0.05) is 36.3 Å². The summed E-state index contributed by atoms with van der Waals surface area (Å²) in [5, 5.41) is 5.66. The number of rotatable bonds is 27. The summed E-state index contributed by atoms with van der Waals surface area (Å²) in [4.78, 5) is 68.0. The van der Waals surface area contributed by atoms with Crippen molar-refractivity contribution < 1.29 is 56.1 Å². The van der Waals surface area contributed by atoms with E-state index in [0.29, 0.717) is 41.1 Å². The van der Waals surface area contributed by atoms with Gasteiger partial charge < -0.3 is 44.8 Å². The van der Waals surface area contributed by atoms with Gasteiger partial charge in [0.2, 0.25) is 0 Å². The van der Waals surface area contributed by atoms with Crippen LogP contribution in [0.4, 0.5) is 10.6 Å². The lowest BCUT2D eigenvalue weighted by atomic mass is 9.80. The molecule has 6 atom stereocenters. The van der Waals surface area contributed by atoms with E-state index in [1.54, 1.807) is 70.2 Å². The number of aromatic nitrogens is 6. The SMILES string of the molecule is COc1ccc(C(OCC(OC(C)n2cc(C)c(=O)[nH]c2=O)C(C)OP(=O)(OCCN)OC[C@@H]2CCC(n3cnc4c(NC(=O)c5ccc(CNC(=O)OCC6c7ccccc7-c7ccccc76)cc5)ncnc43)O2)(c2ccccc2)c2ccc(OC)cc2)cc1. The van der Waals surface area contributed by atoms with Crippen molar-refractivity contribution in [3.8, 4) is 22.6 Å². The second-order valence-electron chi connectivity index (χ2n) is 21.9. The largest absolute Gasteiger partial charge is 0.497 e. The molecule has 0 saturated carbocycles. The first-order chi connectivity index (χ1) is 44.2. The smallest absolute Gasteiger partial charge is 0.475 e. The number of nitrogens with two attached hydrogens (primary N) is 1. The predicted octanol–water partition coefficient (Wildman–Crippen LogP) is 10.1. The highest BCUT2D eigenvalue weighted by Gasteiger charge is 2.42. The molecule has 5 unspecified atom stereocenters. The fourth-order valence-electron chi connectivity index (χ4n) is 11.4. The van der Waals surface area contributed by atoms with Gasteiger partial charge in [0.15, 0.2) is 17.0 Å². The molecule has 23 nitrogen and oxygen atoms in total. The molecule has 1 aliphatic heterocycles. The number of alkyl carbamates (subject to hydrolysis) is 1. The fraction of sp³-hybridized carbons (Fsp3) is 0.299. The third-order valence-corrected chi connectivity index (χ3v) is 17.7. The summed E-state index contributed by atoms with van der Waals surface area (Å²) in [7, 11) is -1.37.